The predicted octanol–water partition coefficient (Wildman–Crippen LogP) is 1.38. The lowest BCUT2D eigenvalue weighted by Crippen LogP contribution is -2.52. The summed E-state index contributed by atoms with van der Waals surface area (Å²) in [5.74, 6) is 0.718. The molecule has 0 amide bonds. The number of rotatable bonds is 5. The van der Waals surface area contributed by atoms with Crippen molar-refractivity contribution in [2.75, 3.05) is 0 Å². The van der Waals surface area contributed by atoms with E-state index in [1.54, 1.807) is 6.20 Å². The van der Waals surface area contributed by atoms with Crippen molar-refractivity contribution >= 4 is 13.6 Å². The van der Waals surface area contributed by atoms with Gasteiger partial charge in [0.15, 0.2) is 5.66 Å². The first-order chi connectivity index (χ1) is 11.2. The number of carboxylic acids is 1. The van der Waals surface area contributed by atoms with Crippen LogP contribution in [-0.4, -0.2) is 41.5 Å². The molecule has 0 spiro atoms. The molecule has 0 saturated heterocycles. The Kier molecular flexibility index (Phi) is 3.64. The van der Waals surface area contributed by atoms with Gasteiger partial charge in [-0.3, -0.25) is 9.36 Å². The van der Waals surface area contributed by atoms with Crippen LogP contribution in [-0.2, 0) is 21.3 Å². The third kappa shape index (κ3) is 2.70. The van der Waals surface area contributed by atoms with Crippen molar-refractivity contribution in [2.24, 2.45) is 17.8 Å². The number of carbonyl (C=O) groups is 1. The Labute approximate surface area is 139 Å². The lowest BCUT2D eigenvalue weighted by atomic mass is 9.53. The lowest BCUT2D eigenvalue weighted by molar-refractivity contribution is -0.136. The molecular formula is C15H22N3O5P. The Balaban J connectivity index is 1.57. The highest BCUT2D eigenvalue weighted by atomic mass is 31.2. The number of carboxylic acid groups (broad SMARTS) is 1. The maximum absolute atomic E-state index is 11.4. The average Bonchev–Trinajstić information content (AvgIpc) is 2.91. The average molecular weight is 355 g/mol. The van der Waals surface area contributed by atoms with Crippen molar-refractivity contribution in [3.8, 4) is 0 Å². The highest BCUT2D eigenvalue weighted by Crippen LogP contribution is 2.58. The molecule has 4 bridgehead atoms. The SMILES string of the molecule is O=C(O)C(Cc1cn(C23CC4CC(CC(C4)C2)C3)nn1)P(=O)(O)O. The van der Waals surface area contributed by atoms with Gasteiger partial charge in [0.1, 0.15) is 0 Å². The minimum absolute atomic E-state index is 0.0269. The minimum atomic E-state index is -4.72. The molecule has 5 rings (SSSR count). The molecule has 1 aromatic heterocycles. The molecule has 8 nitrogen and oxygen atoms in total. The lowest BCUT2D eigenvalue weighted by Gasteiger charge is -2.56. The fraction of sp³-hybridized carbons (Fsp3) is 0.800. The van der Waals surface area contributed by atoms with Gasteiger partial charge in [-0.1, -0.05) is 5.21 Å². The second kappa shape index (κ2) is 5.38. The van der Waals surface area contributed by atoms with Gasteiger partial charge in [-0.2, -0.15) is 0 Å². The van der Waals surface area contributed by atoms with E-state index in [0.29, 0.717) is 5.69 Å². The van der Waals surface area contributed by atoms with Crippen molar-refractivity contribution in [1.82, 2.24) is 15.0 Å². The Bertz CT molecular complexity index is 676. The first kappa shape index (κ1) is 16.2. The summed E-state index contributed by atoms with van der Waals surface area (Å²) in [5.41, 5.74) is -1.46. The fourth-order valence-electron chi connectivity index (χ4n) is 5.52. The molecule has 4 saturated carbocycles. The third-order valence-electron chi connectivity index (χ3n) is 6.13. The van der Waals surface area contributed by atoms with E-state index in [2.05, 4.69) is 10.3 Å². The van der Waals surface area contributed by atoms with Gasteiger partial charge >= 0.3 is 13.6 Å². The van der Waals surface area contributed by atoms with Gasteiger partial charge < -0.3 is 14.9 Å². The molecule has 1 aromatic rings. The topological polar surface area (TPSA) is 126 Å². The molecular weight excluding hydrogens is 333 g/mol. The first-order valence-electron chi connectivity index (χ1n) is 8.45. The smallest absolute Gasteiger partial charge is 0.340 e. The second-order valence-electron chi connectivity index (χ2n) is 7.94. The highest BCUT2D eigenvalue weighted by molar-refractivity contribution is 7.53. The van der Waals surface area contributed by atoms with Crippen LogP contribution in [0.1, 0.15) is 44.2 Å². The van der Waals surface area contributed by atoms with Crippen LogP contribution in [0.4, 0.5) is 0 Å². The normalized spacial score (nSPS) is 36.0. The summed E-state index contributed by atoms with van der Waals surface area (Å²) in [6, 6.07) is 0. The van der Waals surface area contributed by atoms with E-state index in [9.17, 15) is 19.1 Å². The monoisotopic (exact) mass is 355 g/mol. The molecule has 132 valence electrons. The maximum Gasteiger partial charge on any atom is 0.340 e. The molecule has 9 heteroatoms. The van der Waals surface area contributed by atoms with Gasteiger partial charge in [0.05, 0.1) is 11.2 Å². The Hall–Kier alpha value is -1.24. The molecule has 1 unspecified atom stereocenters. The van der Waals surface area contributed by atoms with Crippen molar-refractivity contribution in [1.29, 1.82) is 0 Å². The van der Waals surface area contributed by atoms with Crippen molar-refractivity contribution in [3.63, 3.8) is 0 Å². The third-order valence-corrected chi connectivity index (χ3v) is 7.34. The minimum Gasteiger partial charge on any atom is -0.481 e. The highest BCUT2D eigenvalue weighted by Gasteiger charge is 2.52. The molecule has 1 atom stereocenters. The van der Waals surface area contributed by atoms with E-state index in [-0.39, 0.29) is 12.0 Å². The van der Waals surface area contributed by atoms with Crippen molar-refractivity contribution < 1.29 is 24.3 Å². The summed E-state index contributed by atoms with van der Waals surface area (Å²) in [4.78, 5) is 29.6. The zero-order valence-corrected chi connectivity index (χ0v) is 14.2. The molecule has 0 aromatic carbocycles. The van der Waals surface area contributed by atoms with E-state index in [4.69, 9.17) is 5.11 Å². The summed E-state index contributed by atoms with van der Waals surface area (Å²) in [5, 5.41) is 17.3. The van der Waals surface area contributed by atoms with E-state index < -0.39 is 19.2 Å². The standard InChI is InChI=1S/C15H22N3O5P/c19-14(20)13(24(21,22)23)4-12-8-18(17-16-12)15-5-9-1-10(6-15)3-11(2-9)7-15/h8-11,13H,1-7H2,(H,19,20)(H2,21,22,23). The quantitative estimate of drug-likeness (QED) is 0.681. The van der Waals surface area contributed by atoms with Crippen LogP contribution in [0.5, 0.6) is 0 Å². The Morgan fingerprint density at radius 1 is 1.25 bits per heavy atom. The Morgan fingerprint density at radius 3 is 2.25 bits per heavy atom. The molecule has 0 radical (unpaired) electrons. The molecule has 24 heavy (non-hydrogen) atoms. The van der Waals surface area contributed by atoms with Gasteiger partial charge in [0.2, 0.25) is 0 Å². The van der Waals surface area contributed by atoms with E-state index in [1.807, 2.05) is 4.68 Å². The van der Waals surface area contributed by atoms with Crippen LogP contribution >= 0.6 is 7.60 Å². The molecule has 0 aliphatic heterocycles. The van der Waals surface area contributed by atoms with Crippen LogP contribution in [0, 0.1) is 17.8 Å². The van der Waals surface area contributed by atoms with Gasteiger partial charge in [-0.15, -0.1) is 5.10 Å². The van der Waals surface area contributed by atoms with Crippen LogP contribution in [0.2, 0.25) is 0 Å². The number of hydrogen-bond donors (Lipinski definition) is 3. The van der Waals surface area contributed by atoms with E-state index >= 15 is 0 Å². The fourth-order valence-corrected chi connectivity index (χ4v) is 6.23. The number of aliphatic carboxylic acids is 1. The van der Waals surface area contributed by atoms with Crippen LogP contribution < -0.4 is 0 Å². The molecule has 4 aliphatic rings. The first-order valence-corrected chi connectivity index (χ1v) is 10.1. The van der Waals surface area contributed by atoms with Crippen molar-refractivity contribution in [2.45, 2.75) is 56.1 Å². The largest absolute Gasteiger partial charge is 0.481 e. The summed E-state index contributed by atoms with van der Waals surface area (Å²) in [7, 11) is -4.72. The number of nitrogens with zero attached hydrogens (tertiary/aromatic N) is 3. The van der Waals surface area contributed by atoms with Gasteiger partial charge in [0, 0.05) is 12.6 Å². The number of hydrogen-bond acceptors (Lipinski definition) is 4. The van der Waals surface area contributed by atoms with E-state index in [0.717, 1.165) is 37.0 Å². The van der Waals surface area contributed by atoms with Gasteiger partial charge in [-0.25, -0.2) is 4.68 Å². The van der Waals surface area contributed by atoms with Crippen LogP contribution in [0.3, 0.4) is 0 Å². The summed E-state index contributed by atoms with van der Waals surface area (Å²) in [6.07, 6.45) is 8.58. The Morgan fingerprint density at radius 2 is 1.79 bits per heavy atom. The molecule has 3 N–H and O–H groups in total. The molecule has 1 heterocycles. The molecule has 4 aliphatic carbocycles. The van der Waals surface area contributed by atoms with E-state index in [1.165, 1.54) is 19.3 Å². The van der Waals surface area contributed by atoms with Crippen LogP contribution in [0.15, 0.2) is 6.20 Å². The number of aromatic nitrogens is 3. The maximum atomic E-state index is 11.4. The predicted molar refractivity (Wildman–Crippen MR) is 83.3 cm³/mol. The van der Waals surface area contributed by atoms with Crippen molar-refractivity contribution in [3.05, 3.63) is 11.9 Å². The van der Waals surface area contributed by atoms with Gasteiger partial charge in [0.25, 0.3) is 0 Å². The second-order valence-corrected chi connectivity index (χ2v) is 9.75. The molecule has 4 fully saturated rings. The summed E-state index contributed by atoms with van der Waals surface area (Å²) < 4.78 is 13.2. The summed E-state index contributed by atoms with van der Waals surface area (Å²) in [6.45, 7) is 0. The van der Waals surface area contributed by atoms with Crippen LogP contribution in [0.25, 0.3) is 0 Å². The zero-order chi connectivity index (χ0) is 17.1. The summed E-state index contributed by atoms with van der Waals surface area (Å²) >= 11 is 0. The van der Waals surface area contributed by atoms with Gasteiger partial charge in [-0.05, 0) is 56.3 Å². The zero-order valence-electron chi connectivity index (χ0n) is 13.3.